The lowest BCUT2D eigenvalue weighted by Gasteiger charge is -2.16. The van der Waals surface area contributed by atoms with Gasteiger partial charge >= 0.3 is 0 Å². The van der Waals surface area contributed by atoms with E-state index in [1.165, 1.54) is 23.9 Å². The van der Waals surface area contributed by atoms with Crippen LogP contribution in [-0.2, 0) is 21.2 Å². The van der Waals surface area contributed by atoms with Crippen LogP contribution in [0, 0.1) is 0 Å². The number of carbonyl (C=O) groups excluding carboxylic acids is 1. The molecule has 0 radical (unpaired) electrons. The van der Waals surface area contributed by atoms with Gasteiger partial charge in [0.15, 0.2) is 5.16 Å². The minimum absolute atomic E-state index is 0.0436. The third kappa shape index (κ3) is 5.89. The Morgan fingerprint density at radius 3 is 2.53 bits per heavy atom. The number of nitrogens with zero attached hydrogens (tertiary/aromatic N) is 2. The average molecular weight is 495 g/mol. The first-order valence-corrected chi connectivity index (χ1v) is 12.7. The minimum Gasteiger partial charge on any atom is -0.355 e. The lowest BCUT2D eigenvalue weighted by atomic mass is 10.1. The SMILES string of the molecule is CC(C)n1c(SCC(=O)NCCc2ccc(S(N)(=O)=O)cc2)nc2cc(Cl)ccc2c1=O. The number of rotatable bonds is 8. The van der Waals surface area contributed by atoms with Crippen molar-refractivity contribution in [3.05, 3.63) is 63.4 Å². The predicted molar refractivity (Wildman–Crippen MR) is 127 cm³/mol. The summed E-state index contributed by atoms with van der Waals surface area (Å²) in [4.78, 5) is 29.8. The van der Waals surface area contributed by atoms with Crippen LogP contribution < -0.4 is 16.0 Å². The fourth-order valence-electron chi connectivity index (χ4n) is 3.08. The number of amides is 1. The van der Waals surface area contributed by atoms with Gasteiger partial charge in [0.1, 0.15) is 0 Å². The molecule has 170 valence electrons. The summed E-state index contributed by atoms with van der Waals surface area (Å²) >= 11 is 7.22. The zero-order valence-electron chi connectivity index (χ0n) is 17.5. The second-order valence-electron chi connectivity index (χ2n) is 7.40. The molecule has 11 heteroatoms. The maximum absolute atomic E-state index is 12.9. The van der Waals surface area contributed by atoms with E-state index in [9.17, 15) is 18.0 Å². The van der Waals surface area contributed by atoms with Crippen molar-refractivity contribution in [3.8, 4) is 0 Å². The van der Waals surface area contributed by atoms with Gasteiger partial charge in [-0.25, -0.2) is 18.5 Å². The van der Waals surface area contributed by atoms with Gasteiger partial charge < -0.3 is 5.32 Å². The number of primary sulfonamides is 1. The summed E-state index contributed by atoms with van der Waals surface area (Å²) in [6.45, 7) is 4.15. The molecular weight excluding hydrogens is 472 g/mol. The van der Waals surface area contributed by atoms with Crippen molar-refractivity contribution >= 4 is 50.2 Å². The number of nitrogens with two attached hydrogens (primary N) is 1. The first kappa shape index (κ1) is 24.2. The van der Waals surface area contributed by atoms with Gasteiger partial charge in [-0.2, -0.15) is 0 Å². The number of nitrogens with one attached hydrogen (secondary N) is 1. The monoisotopic (exact) mass is 494 g/mol. The molecule has 3 aromatic rings. The second kappa shape index (κ2) is 10.0. The first-order chi connectivity index (χ1) is 15.1. The molecule has 8 nitrogen and oxygen atoms in total. The van der Waals surface area contributed by atoms with Crippen molar-refractivity contribution in [2.75, 3.05) is 12.3 Å². The van der Waals surface area contributed by atoms with Crippen LogP contribution in [0.1, 0.15) is 25.5 Å². The quantitative estimate of drug-likeness (QED) is 0.366. The van der Waals surface area contributed by atoms with Crippen molar-refractivity contribution < 1.29 is 13.2 Å². The van der Waals surface area contributed by atoms with Crippen molar-refractivity contribution in [3.63, 3.8) is 0 Å². The molecule has 0 fully saturated rings. The zero-order valence-corrected chi connectivity index (χ0v) is 19.9. The lowest BCUT2D eigenvalue weighted by Crippen LogP contribution is -2.29. The summed E-state index contributed by atoms with van der Waals surface area (Å²) in [7, 11) is -3.73. The van der Waals surface area contributed by atoms with Crippen molar-refractivity contribution in [2.45, 2.75) is 36.4 Å². The number of benzene rings is 2. The highest BCUT2D eigenvalue weighted by atomic mass is 35.5. The Balaban J connectivity index is 1.63. The van der Waals surface area contributed by atoms with Gasteiger partial charge in [0, 0.05) is 17.6 Å². The minimum atomic E-state index is -3.73. The maximum Gasteiger partial charge on any atom is 0.262 e. The van der Waals surface area contributed by atoms with E-state index in [1.807, 2.05) is 13.8 Å². The summed E-state index contributed by atoms with van der Waals surface area (Å²) in [6.07, 6.45) is 0.532. The summed E-state index contributed by atoms with van der Waals surface area (Å²) in [5.74, 6) is -0.109. The molecule has 0 bridgehead atoms. The molecule has 0 aliphatic carbocycles. The number of halogens is 1. The molecule has 0 unspecified atom stereocenters. The number of sulfonamides is 1. The highest BCUT2D eigenvalue weighted by molar-refractivity contribution is 7.99. The number of hydrogen-bond donors (Lipinski definition) is 2. The third-order valence-corrected chi connectivity index (χ3v) is 6.78. The second-order valence-corrected chi connectivity index (χ2v) is 10.3. The Hall–Kier alpha value is -2.40. The Morgan fingerprint density at radius 1 is 1.22 bits per heavy atom. The van der Waals surface area contributed by atoms with Crippen molar-refractivity contribution in [2.24, 2.45) is 5.14 Å². The molecule has 1 aromatic heterocycles. The standard InChI is InChI=1S/C21H23ClN4O4S2/c1-13(2)26-20(28)17-8-5-15(22)11-18(17)25-21(26)31-12-19(27)24-10-9-14-3-6-16(7-4-14)32(23,29)30/h3-8,11,13H,9-10,12H2,1-2H3,(H,24,27)(H2,23,29,30). The average Bonchev–Trinajstić information content (AvgIpc) is 2.71. The Morgan fingerprint density at radius 2 is 1.91 bits per heavy atom. The predicted octanol–water partition coefficient (Wildman–Crippen LogP) is 2.73. The molecule has 0 atom stereocenters. The molecular formula is C21H23ClN4O4S2. The normalized spacial score (nSPS) is 11.8. The molecule has 0 aliphatic rings. The molecule has 3 N–H and O–H groups in total. The van der Waals surface area contributed by atoms with E-state index in [4.69, 9.17) is 16.7 Å². The van der Waals surface area contributed by atoms with Crippen LogP contribution in [0.3, 0.4) is 0 Å². The van der Waals surface area contributed by atoms with Gasteiger partial charge in [0.25, 0.3) is 5.56 Å². The number of fused-ring (bicyclic) bond motifs is 1. The highest BCUT2D eigenvalue weighted by Crippen LogP contribution is 2.22. The third-order valence-electron chi connectivity index (χ3n) is 4.67. The Kier molecular flexibility index (Phi) is 7.60. The Bertz CT molecular complexity index is 1310. The van der Waals surface area contributed by atoms with E-state index >= 15 is 0 Å². The highest BCUT2D eigenvalue weighted by Gasteiger charge is 2.15. The van der Waals surface area contributed by atoms with Gasteiger partial charge in [-0.3, -0.25) is 14.2 Å². The van der Waals surface area contributed by atoms with Crippen LogP contribution in [0.5, 0.6) is 0 Å². The smallest absolute Gasteiger partial charge is 0.262 e. The molecule has 0 aliphatic heterocycles. The molecule has 32 heavy (non-hydrogen) atoms. The number of aromatic nitrogens is 2. The van der Waals surface area contributed by atoms with E-state index in [0.717, 1.165) is 5.56 Å². The van der Waals surface area contributed by atoms with Crippen molar-refractivity contribution in [1.29, 1.82) is 0 Å². The van der Waals surface area contributed by atoms with Crippen LogP contribution in [-0.4, -0.2) is 36.2 Å². The topological polar surface area (TPSA) is 124 Å². The zero-order chi connectivity index (χ0) is 23.5. The molecule has 3 rings (SSSR count). The number of carbonyl (C=O) groups is 1. The van der Waals surface area contributed by atoms with Gasteiger partial charge in [-0.1, -0.05) is 35.5 Å². The summed E-state index contributed by atoms with van der Waals surface area (Å²) < 4.78 is 24.2. The van der Waals surface area contributed by atoms with Gasteiger partial charge in [-0.05, 0) is 56.2 Å². The fraction of sp³-hybridized carbons (Fsp3) is 0.286. The number of hydrogen-bond acceptors (Lipinski definition) is 6. The van der Waals surface area contributed by atoms with E-state index < -0.39 is 10.0 Å². The molecule has 0 spiro atoms. The van der Waals surface area contributed by atoms with E-state index in [1.54, 1.807) is 34.9 Å². The van der Waals surface area contributed by atoms with Gasteiger partial charge in [0.2, 0.25) is 15.9 Å². The Labute approximate surface area is 195 Å². The van der Waals surface area contributed by atoms with E-state index in [2.05, 4.69) is 10.3 Å². The molecule has 0 saturated heterocycles. The summed E-state index contributed by atoms with van der Waals surface area (Å²) in [5.41, 5.74) is 1.19. The van der Waals surface area contributed by atoms with E-state index in [0.29, 0.717) is 34.0 Å². The van der Waals surface area contributed by atoms with E-state index in [-0.39, 0.29) is 28.2 Å². The lowest BCUT2D eigenvalue weighted by molar-refractivity contribution is -0.118. The number of thioether (sulfide) groups is 1. The van der Waals surface area contributed by atoms with Gasteiger partial charge in [0.05, 0.1) is 21.6 Å². The maximum atomic E-state index is 12.9. The molecule has 0 saturated carbocycles. The summed E-state index contributed by atoms with van der Waals surface area (Å²) in [5, 5.41) is 9.31. The van der Waals surface area contributed by atoms with Crippen molar-refractivity contribution in [1.82, 2.24) is 14.9 Å². The van der Waals surface area contributed by atoms with Crippen LogP contribution >= 0.6 is 23.4 Å². The molecule has 1 amide bonds. The largest absolute Gasteiger partial charge is 0.355 e. The molecule has 1 heterocycles. The van der Waals surface area contributed by atoms with Crippen LogP contribution in [0.25, 0.3) is 10.9 Å². The first-order valence-electron chi connectivity index (χ1n) is 9.79. The van der Waals surface area contributed by atoms with Crippen LogP contribution in [0.15, 0.2) is 57.3 Å². The fourth-order valence-corrected chi connectivity index (χ4v) is 4.72. The summed E-state index contributed by atoms with van der Waals surface area (Å²) in [6, 6.07) is 11.0. The van der Waals surface area contributed by atoms with Crippen LogP contribution in [0.2, 0.25) is 5.02 Å². The molecule has 2 aromatic carbocycles. The van der Waals surface area contributed by atoms with Gasteiger partial charge in [-0.15, -0.1) is 0 Å². The van der Waals surface area contributed by atoms with Crippen LogP contribution in [0.4, 0.5) is 0 Å².